The third kappa shape index (κ3) is 5.05. The van der Waals surface area contributed by atoms with Gasteiger partial charge in [0.1, 0.15) is 0 Å². The lowest BCUT2D eigenvalue weighted by Crippen LogP contribution is -2.60. The van der Waals surface area contributed by atoms with E-state index < -0.39 is 0 Å². The predicted octanol–water partition coefficient (Wildman–Crippen LogP) is 3.30. The molecule has 2 saturated heterocycles. The van der Waals surface area contributed by atoms with Gasteiger partial charge in [0.05, 0.1) is 6.10 Å². The van der Waals surface area contributed by atoms with Crippen LogP contribution in [-0.2, 0) is 4.79 Å². The summed E-state index contributed by atoms with van der Waals surface area (Å²) in [5.41, 5.74) is 1.21. The van der Waals surface area contributed by atoms with Crippen molar-refractivity contribution in [3.8, 4) is 0 Å². The number of hydrogen-bond acceptors (Lipinski definition) is 4. The second-order valence-corrected chi connectivity index (χ2v) is 10.4. The van der Waals surface area contributed by atoms with E-state index in [0.717, 1.165) is 70.6 Å². The van der Waals surface area contributed by atoms with Crippen LogP contribution >= 0.6 is 11.8 Å². The molecule has 0 radical (unpaired) electrons. The molecule has 0 aromatic heterocycles. The zero-order valence-electron chi connectivity index (χ0n) is 16.6. The van der Waals surface area contributed by atoms with Crippen LogP contribution in [0.15, 0.2) is 11.6 Å². The molecule has 0 saturated carbocycles. The molecule has 148 valence electrons. The number of rotatable bonds is 6. The fraction of sp³-hybridized carbons (Fsp3) is 0.857. The molecule has 1 amide bonds. The number of carbonyl (C=O) groups is 1. The van der Waals surface area contributed by atoms with Crippen LogP contribution < -0.4 is 0 Å². The van der Waals surface area contributed by atoms with Crippen molar-refractivity contribution in [2.24, 2.45) is 5.41 Å². The van der Waals surface area contributed by atoms with E-state index in [0.29, 0.717) is 11.7 Å². The van der Waals surface area contributed by atoms with Crippen LogP contribution in [-0.4, -0.2) is 70.6 Å². The van der Waals surface area contributed by atoms with Crippen molar-refractivity contribution in [2.45, 2.75) is 70.1 Å². The van der Waals surface area contributed by atoms with Gasteiger partial charge in [-0.2, -0.15) is 11.8 Å². The first-order valence-corrected chi connectivity index (χ1v) is 11.5. The summed E-state index contributed by atoms with van der Waals surface area (Å²) in [7, 11) is 0. The van der Waals surface area contributed by atoms with E-state index in [1.807, 2.05) is 11.8 Å². The van der Waals surface area contributed by atoms with E-state index in [1.54, 1.807) is 0 Å². The number of hydrogen-bond donors (Lipinski definition) is 1. The number of nitrogens with zero attached hydrogens (tertiary/aromatic N) is 2. The van der Waals surface area contributed by atoms with Crippen LogP contribution in [0.4, 0.5) is 0 Å². The van der Waals surface area contributed by atoms with Crippen LogP contribution in [0.3, 0.4) is 0 Å². The number of allylic oxidation sites excluding steroid dienone is 1. The molecule has 3 rings (SSSR count). The van der Waals surface area contributed by atoms with Crippen LogP contribution in [0.2, 0.25) is 0 Å². The molecule has 2 atom stereocenters. The number of thioether (sulfide) groups is 1. The van der Waals surface area contributed by atoms with E-state index in [-0.39, 0.29) is 17.4 Å². The highest BCUT2D eigenvalue weighted by molar-refractivity contribution is 7.99. The molecule has 5 heteroatoms. The molecule has 4 nitrogen and oxygen atoms in total. The molecule has 3 aliphatic rings. The van der Waals surface area contributed by atoms with Gasteiger partial charge in [-0.15, -0.1) is 0 Å². The minimum Gasteiger partial charge on any atom is -0.392 e. The monoisotopic (exact) mass is 380 g/mol. The minimum absolute atomic E-state index is 0.112. The third-order valence-electron chi connectivity index (χ3n) is 6.30. The van der Waals surface area contributed by atoms with Gasteiger partial charge in [-0.05, 0) is 43.8 Å². The average molecular weight is 381 g/mol. The lowest BCUT2D eigenvalue weighted by molar-refractivity contribution is -0.140. The highest BCUT2D eigenvalue weighted by atomic mass is 32.2. The summed E-state index contributed by atoms with van der Waals surface area (Å²) in [6, 6.07) is 0. The Morgan fingerprint density at radius 1 is 1.35 bits per heavy atom. The van der Waals surface area contributed by atoms with Crippen molar-refractivity contribution in [2.75, 3.05) is 38.5 Å². The fourth-order valence-electron chi connectivity index (χ4n) is 4.83. The Bertz CT molecular complexity index is 522. The molecule has 1 N–H and O–H groups in total. The van der Waals surface area contributed by atoms with Gasteiger partial charge in [0, 0.05) is 50.3 Å². The predicted molar refractivity (Wildman–Crippen MR) is 109 cm³/mol. The third-order valence-corrected chi connectivity index (χ3v) is 7.38. The summed E-state index contributed by atoms with van der Waals surface area (Å²) in [5, 5.41) is 11.5. The molecule has 2 aliphatic heterocycles. The highest BCUT2D eigenvalue weighted by Crippen LogP contribution is 2.39. The quantitative estimate of drug-likeness (QED) is 0.718. The molecule has 2 fully saturated rings. The lowest BCUT2D eigenvalue weighted by Gasteiger charge is -2.51. The standard InChI is InChI=1S/C21H36N2O2S/c1-17(2)26-13-12-22-11-8-19(24)21(15-22)9-5-10-23(16-21)20(25)14-18-6-3-4-7-18/h6,17,19,24H,3-5,7-16H2,1-2H3/t19-,21-/m1/s1. The summed E-state index contributed by atoms with van der Waals surface area (Å²) in [5.74, 6) is 1.43. The fourth-order valence-corrected chi connectivity index (χ4v) is 5.66. The summed E-state index contributed by atoms with van der Waals surface area (Å²) in [6.45, 7) is 9.13. The average Bonchev–Trinajstić information content (AvgIpc) is 3.11. The SMILES string of the molecule is CC(C)SCCN1CC[C@@H](O)[C@]2(CCCN(C(=O)CC3=CCCC3)C2)C1. The molecule has 0 bridgehead atoms. The smallest absolute Gasteiger partial charge is 0.226 e. The summed E-state index contributed by atoms with van der Waals surface area (Å²) in [4.78, 5) is 17.4. The Morgan fingerprint density at radius 3 is 2.92 bits per heavy atom. The maximum Gasteiger partial charge on any atom is 0.226 e. The first-order chi connectivity index (χ1) is 12.5. The normalized spacial score (nSPS) is 30.2. The van der Waals surface area contributed by atoms with E-state index >= 15 is 0 Å². The van der Waals surface area contributed by atoms with Gasteiger partial charge in [-0.1, -0.05) is 25.5 Å². The van der Waals surface area contributed by atoms with Crippen molar-refractivity contribution < 1.29 is 9.90 Å². The number of amides is 1. The molecule has 26 heavy (non-hydrogen) atoms. The zero-order chi connectivity index (χ0) is 18.6. The van der Waals surface area contributed by atoms with Gasteiger partial charge in [0.15, 0.2) is 0 Å². The van der Waals surface area contributed by atoms with Crippen LogP contribution in [0.5, 0.6) is 0 Å². The number of carbonyl (C=O) groups excluding carboxylic acids is 1. The number of aliphatic hydroxyl groups is 1. The van der Waals surface area contributed by atoms with Gasteiger partial charge >= 0.3 is 0 Å². The van der Waals surface area contributed by atoms with E-state index in [2.05, 4.69) is 29.7 Å². The summed E-state index contributed by atoms with van der Waals surface area (Å²) in [6.07, 6.45) is 8.93. The Labute approximate surface area is 163 Å². The second kappa shape index (κ2) is 9.11. The maximum absolute atomic E-state index is 12.8. The van der Waals surface area contributed by atoms with Crippen LogP contribution in [0.25, 0.3) is 0 Å². The Hall–Kier alpha value is -0.520. The van der Waals surface area contributed by atoms with Gasteiger partial charge in [-0.3, -0.25) is 4.79 Å². The van der Waals surface area contributed by atoms with E-state index in [9.17, 15) is 9.90 Å². The Kier molecular flexibility index (Phi) is 7.09. The largest absolute Gasteiger partial charge is 0.392 e. The number of piperidine rings is 2. The van der Waals surface area contributed by atoms with Gasteiger partial charge < -0.3 is 14.9 Å². The molecular weight excluding hydrogens is 344 g/mol. The van der Waals surface area contributed by atoms with Crippen LogP contribution in [0.1, 0.15) is 58.8 Å². The Balaban J connectivity index is 1.58. The van der Waals surface area contributed by atoms with E-state index in [1.165, 1.54) is 12.0 Å². The van der Waals surface area contributed by atoms with Gasteiger partial charge in [0.25, 0.3) is 0 Å². The summed E-state index contributed by atoms with van der Waals surface area (Å²) >= 11 is 2.01. The van der Waals surface area contributed by atoms with E-state index in [4.69, 9.17) is 0 Å². The molecule has 0 aromatic rings. The first kappa shape index (κ1) is 20.2. The molecule has 1 aliphatic carbocycles. The second-order valence-electron chi connectivity index (χ2n) is 8.71. The first-order valence-electron chi connectivity index (χ1n) is 10.5. The van der Waals surface area contributed by atoms with Crippen LogP contribution in [0, 0.1) is 5.41 Å². The molecule has 1 spiro atoms. The van der Waals surface area contributed by atoms with Gasteiger partial charge in [-0.25, -0.2) is 0 Å². The number of aliphatic hydroxyl groups excluding tert-OH is 1. The Morgan fingerprint density at radius 2 is 2.19 bits per heavy atom. The molecule has 2 heterocycles. The molecule has 0 aromatic carbocycles. The zero-order valence-corrected chi connectivity index (χ0v) is 17.4. The van der Waals surface area contributed by atoms with Crippen molar-refractivity contribution in [3.63, 3.8) is 0 Å². The van der Waals surface area contributed by atoms with Crippen molar-refractivity contribution in [1.29, 1.82) is 0 Å². The van der Waals surface area contributed by atoms with Crippen molar-refractivity contribution in [1.82, 2.24) is 9.80 Å². The lowest BCUT2D eigenvalue weighted by atomic mass is 9.71. The highest BCUT2D eigenvalue weighted by Gasteiger charge is 2.46. The van der Waals surface area contributed by atoms with Crippen molar-refractivity contribution >= 4 is 17.7 Å². The maximum atomic E-state index is 12.8. The molecule has 0 unspecified atom stereocenters. The topological polar surface area (TPSA) is 43.8 Å². The number of likely N-dealkylation sites (tertiary alicyclic amines) is 2. The molecular formula is C21H36N2O2S. The van der Waals surface area contributed by atoms with Gasteiger partial charge in [0.2, 0.25) is 5.91 Å². The summed E-state index contributed by atoms with van der Waals surface area (Å²) < 4.78 is 0. The van der Waals surface area contributed by atoms with Crippen molar-refractivity contribution in [3.05, 3.63) is 11.6 Å². The minimum atomic E-state index is -0.266.